The summed E-state index contributed by atoms with van der Waals surface area (Å²) < 4.78 is 1.92. The van der Waals surface area contributed by atoms with Gasteiger partial charge < -0.3 is 0 Å². The highest BCUT2D eigenvalue weighted by atomic mass is 35.5. The van der Waals surface area contributed by atoms with Gasteiger partial charge in [0.2, 0.25) is 0 Å². The van der Waals surface area contributed by atoms with Crippen LogP contribution in [0.15, 0.2) is 89.1 Å². The van der Waals surface area contributed by atoms with E-state index in [1.54, 1.807) is 6.21 Å². The average molecular weight is 462 g/mol. The third kappa shape index (κ3) is 5.43. The maximum Gasteiger partial charge on any atom is 0.250 e. The Balaban J connectivity index is 1.50. The molecule has 1 amide bonds. The van der Waals surface area contributed by atoms with Gasteiger partial charge >= 0.3 is 0 Å². The Morgan fingerprint density at radius 1 is 1.06 bits per heavy atom. The van der Waals surface area contributed by atoms with Crippen LogP contribution in [0.4, 0.5) is 0 Å². The Kier molecular flexibility index (Phi) is 6.99. The third-order valence-electron chi connectivity index (χ3n) is 4.53. The molecule has 4 aromatic rings. The van der Waals surface area contributed by atoms with Crippen molar-refractivity contribution in [3.05, 3.63) is 95.0 Å². The molecule has 0 saturated heterocycles. The maximum absolute atomic E-state index is 12.3. The second kappa shape index (κ2) is 10.3. The molecule has 0 unspecified atom stereocenters. The van der Waals surface area contributed by atoms with Crippen molar-refractivity contribution in [2.24, 2.45) is 5.10 Å². The summed E-state index contributed by atoms with van der Waals surface area (Å²) in [5, 5.41) is 14.0. The van der Waals surface area contributed by atoms with Gasteiger partial charge in [0.15, 0.2) is 11.0 Å². The van der Waals surface area contributed by atoms with Crippen LogP contribution in [-0.4, -0.2) is 32.6 Å². The van der Waals surface area contributed by atoms with Crippen LogP contribution in [0.2, 0.25) is 5.02 Å². The zero-order chi connectivity index (χ0) is 22.3. The highest BCUT2D eigenvalue weighted by Gasteiger charge is 2.17. The van der Waals surface area contributed by atoms with E-state index in [0.29, 0.717) is 16.0 Å². The van der Waals surface area contributed by atoms with E-state index in [1.165, 1.54) is 11.8 Å². The quantitative estimate of drug-likeness (QED) is 0.235. The molecule has 0 aliphatic rings. The zero-order valence-corrected chi connectivity index (χ0v) is 18.8. The van der Waals surface area contributed by atoms with Gasteiger partial charge in [-0.2, -0.15) is 5.10 Å². The molecule has 0 bridgehead atoms. The normalized spacial score (nSPS) is 11.1. The van der Waals surface area contributed by atoms with Crippen molar-refractivity contribution >= 4 is 35.5 Å². The number of amides is 1. The lowest BCUT2D eigenvalue weighted by Gasteiger charge is -2.10. The number of benzene rings is 3. The van der Waals surface area contributed by atoms with Crippen molar-refractivity contribution in [3.63, 3.8) is 0 Å². The van der Waals surface area contributed by atoms with Gasteiger partial charge in [-0.15, -0.1) is 10.2 Å². The third-order valence-corrected chi connectivity index (χ3v) is 5.71. The van der Waals surface area contributed by atoms with Crippen LogP contribution >= 0.6 is 23.4 Å². The first-order valence-electron chi connectivity index (χ1n) is 9.88. The Labute approximate surface area is 195 Å². The molecule has 0 aliphatic heterocycles. The molecule has 1 aromatic heterocycles. The molecule has 160 valence electrons. The molecule has 1 heterocycles. The largest absolute Gasteiger partial charge is 0.272 e. The van der Waals surface area contributed by atoms with E-state index in [1.807, 2.05) is 90.4 Å². The van der Waals surface area contributed by atoms with Gasteiger partial charge in [0.1, 0.15) is 0 Å². The summed E-state index contributed by atoms with van der Waals surface area (Å²) >= 11 is 7.35. The minimum atomic E-state index is -0.231. The Morgan fingerprint density at radius 2 is 1.84 bits per heavy atom. The molecule has 0 radical (unpaired) electrons. The summed E-state index contributed by atoms with van der Waals surface area (Å²) in [6.07, 6.45) is 1.62. The minimum Gasteiger partial charge on any atom is -0.272 e. The number of hydrogen-bond donors (Lipinski definition) is 1. The molecule has 1 N–H and O–H groups in total. The van der Waals surface area contributed by atoms with Crippen LogP contribution in [0.3, 0.4) is 0 Å². The first kappa shape index (κ1) is 21.8. The monoisotopic (exact) mass is 461 g/mol. The lowest BCUT2D eigenvalue weighted by atomic mass is 10.2. The van der Waals surface area contributed by atoms with E-state index in [4.69, 9.17) is 11.6 Å². The lowest BCUT2D eigenvalue weighted by molar-refractivity contribution is -0.118. The van der Waals surface area contributed by atoms with Gasteiger partial charge in [0.25, 0.3) is 5.91 Å². The van der Waals surface area contributed by atoms with Crippen LogP contribution < -0.4 is 5.43 Å². The molecule has 0 saturated carbocycles. The van der Waals surface area contributed by atoms with Crippen molar-refractivity contribution in [1.82, 2.24) is 20.2 Å². The van der Waals surface area contributed by atoms with E-state index >= 15 is 0 Å². The van der Waals surface area contributed by atoms with E-state index < -0.39 is 0 Å². The standard InChI is InChI=1S/C24H20ClN5OS/c1-17-6-5-7-18(14-17)15-26-27-22(31)16-32-24-29-28-23(19-8-3-2-4-9-19)30(24)21-12-10-20(25)11-13-21/h2-15H,16H2,1H3,(H,27,31). The van der Waals surface area contributed by atoms with Crippen LogP contribution in [0.25, 0.3) is 17.1 Å². The van der Waals surface area contributed by atoms with Crippen LogP contribution in [-0.2, 0) is 4.79 Å². The van der Waals surface area contributed by atoms with Crippen molar-refractivity contribution < 1.29 is 4.79 Å². The number of halogens is 1. The first-order valence-corrected chi connectivity index (χ1v) is 11.2. The number of nitrogens with zero attached hydrogens (tertiary/aromatic N) is 4. The van der Waals surface area contributed by atoms with Crippen molar-refractivity contribution in [2.75, 3.05) is 5.75 Å². The molecular formula is C24H20ClN5OS. The van der Waals surface area contributed by atoms with Crippen LogP contribution in [0.5, 0.6) is 0 Å². The molecule has 0 aliphatic carbocycles. The predicted octanol–water partition coefficient (Wildman–Crippen LogP) is 5.14. The molecule has 8 heteroatoms. The topological polar surface area (TPSA) is 72.2 Å². The smallest absolute Gasteiger partial charge is 0.250 e. The number of nitrogens with one attached hydrogen (secondary N) is 1. The first-order chi connectivity index (χ1) is 15.6. The minimum absolute atomic E-state index is 0.145. The summed E-state index contributed by atoms with van der Waals surface area (Å²) in [6, 6.07) is 25.1. The van der Waals surface area contributed by atoms with E-state index in [0.717, 1.165) is 22.4 Å². The lowest BCUT2D eigenvalue weighted by Crippen LogP contribution is -2.20. The number of carbonyl (C=O) groups excluding carboxylic acids is 1. The molecule has 0 fully saturated rings. The molecule has 0 spiro atoms. The molecule has 3 aromatic carbocycles. The fraction of sp³-hybridized carbons (Fsp3) is 0.0833. The van der Waals surface area contributed by atoms with Crippen molar-refractivity contribution in [2.45, 2.75) is 12.1 Å². The van der Waals surface area contributed by atoms with Crippen LogP contribution in [0, 0.1) is 6.92 Å². The summed E-state index contributed by atoms with van der Waals surface area (Å²) in [5.41, 5.74) is 6.40. The second-order valence-corrected chi connectivity index (χ2v) is 8.36. The summed E-state index contributed by atoms with van der Waals surface area (Å²) in [4.78, 5) is 12.3. The highest BCUT2D eigenvalue weighted by molar-refractivity contribution is 7.99. The Bertz CT molecular complexity index is 1240. The van der Waals surface area contributed by atoms with Gasteiger partial charge in [-0.3, -0.25) is 9.36 Å². The Morgan fingerprint density at radius 3 is 2.59 bits per heavy atom. The average Bonchev–Trinajstić information content (AvgIpc) is 3.23. The van der Waals surface area contributed by atoms with Gasteiger partial charge in [-0.05, 0) is 36.8 Å². The second-order valence-electron chi connectivity index (χ2n) is 6.98. The van der Waals surface area contributed by atoms with Crippen molar-refractivity contribution in [3.8, 4) is 17.1 Å². The van der Waals surface area contributed by atoms with Gasteiger partial charge in [-0.1, -0.05) is 83.5 Å². The predicted molar refractivity (Wildman–Crippen MR) is 129 cm³/mol. The summed E-state index contributed by atoms with van der Waals surface area (Å²) in [6.45, 7) is 2.01. The molecule has 4 rings (SSSR count). The number of rotatable bonds is 7. The number of aromatic nitrogens is 3. The SMILES string of the molecule is Cc1cccc(C=NNC(=O)CSc2nnc(-c3ccccc3)n2-c2ccc(Cl)cc2)c1. The number of carbonyl (C=O) groups is 1. The van der Waals surface area contributed by atoms with E-state index in [2.05, 4.69) is 20.7 Å². The number of hydrazone groups is 1. The van der Waals surface area contributed by atoms with E-state index in [9.17, 15) is 4.79 Å². The molecule has 0 atom stereocenters. The maximum atomic E-state index is 12.3. The number of aryl methyl sites for hydroxylation is 1. The summed E-state index contributed by atoms with van der Waals surface area (Å²) in [7, 11) is 0. The fourth-order valence-corrected chi connectivity index (χ4v) is 3.92. The van der Waals surface area contributed by atoms with Crippen LogP contribution in [0.1, 0.15) is 11.1 Å². The van der Waals surface area contributed by atoms with Gasteiger partial charge in [-0.25, -0.2) is 5.43 Å². The fourth-order valence-electron chi connectivity index (χ4n) is 3.05. The number of thioether (sulfide) groups is 1. The number of hydrogen-bond acceptors (Lipinski definition) is 5. The molecule has 6 nitrogen and oxygen atoms in total. The Hall–Kier alpha value is -3.42. The van der Waals surface area contributed by atoms with E-state index in [-0.39, 0.29) is 11.7 Å². The van der Waals surface area contributed by atoms with Gasteiger partial charge in [0.05, 0.1) is 12.0 Å². The zero-order valence-electron chi connectivity index (χ0n) is 17.3. The van der Waals surface area contributed by atoms with Gasteiger partial charge in [0, 0.05) is 16.3 Å². The molecular weight excluding hydrogens is 442 g/mol. The highest BCUT2D eigenvalue weighted by Crippen LogP contribution is 2.28. The molecule has 32 heavy (non-hydrogen) atoms. The summed E-state index contributed by atoms with van der Waals surface area (Å²) in [5.74, 6) is 0.602. The van der Waals surface area contributed by atoms with Crippen molar-refractivity contribution in [1.29, 1.82) is 0 Å².